The molecule has 0 saturated carbocycles. The lowest BCUT2D eigenvalue weighted by atomic mass is 10.2. The molecule has 2 aromatic rings. The van der Waals surface area contributed by atoms with Gasteiger partial charge in [0, 0.05) is 25.7 Å². The highest BCUT2D eigenvalue weighted by atomic mass is 32.2. The van der Waals surface area contributed by atoms with E-state index in [9.17, 15) is 22.4 Å². The summed E-state index contributed by atoms with van der Waals surface area (Å²) in [5.74, 6) is -1.16. The van der Waals surface area contributed by atoms with Gasteiger partial charge >= 0.3 is 0 Å². The zero-order valence-electron chi connectivity index (χ0n) is 15.9. The number of nitrogens with one attached hydrogen (secondary N) is 2. The van der Waals surface area contributed by atoms with Gasteiger partial charge in [0.15, 0.2) is 0 Å². The molecule has 0 unspecified atom stereocenters. The van der Waals surface area contributed by atoms with Crippen LogP contribution in [0.3, 0.4) is 0 Å². The van der Waals surface area contributed by atoms with Gasteiger partial charge in [-0.1, -0.05) is 18.2 Å². The van der Waals surface area contributed by atoms with Gasteiger partial charge in [0.2, 0.25) is 21.8 Å². The minimum absolute atomic E-state index is 0.0141. The smallest absolute Gasteiger partial charge is 0.243 e. The van der Waals surface area contributed by atoms with Gasteiger partial charge in [0.25, 0.3) is 0 Å². The lowest BCUT2D eigenvalue weighted by Crippen LogP contribution is -2.40. The second kappa shape index (κ2) is 9.94. The van der Waals surface area contributed by atoms with Crippen LogP contribution in [0, 0.1) is 5.82 Å². The SMILES string of the molecule is C=CCN(CC(=O)NCc1ccc(F)cc1)S(=O)(=O)c1ccc(NC(C)=O)cc1. The molecule has 0 atom stereocenters. The molecular weight excluding hydrogens is 397 g/mol. The van der Waals surface area contributed by atoms with E-state index in [0.29, 0.717) is 11.3 Å². The molecule has 154 valence electrons. The van der Waals surface area contributed by atoms with Gasteiger partial charge in [0.05, 0.1) is 11.4 Å². The molecule has 0 fully saturated rings. The summed E-state index contributed by atoms with van der Waals surface area (Å²) in [5.41, 5.74) is 1.15. The summed E-state index contributed by atoms with van der Waals surface area (Å²) in [7, 11) is -3.95. The van der Waals surface area contributed by atoms with Crippen LogP contribution in [0.25, 0.3) is 0 Å². The monoisotopic (exact) mass is 419 g/mol. The molecule has 0 aliphatic heterocycles. The molecule has 29 heavy (non-hydrogen) atoms. The standard InChI is InChI=1S/C20H22FN3O4S/c1-3-12-24(14-20(26)22-13-16-4-6-17(21)7-5-16)29(27,28)19-10-8-18(9-11-19)23-15(2)25/h3-11H,1,12-14H2,2H3,(H,22,26)(H,23,25). The predicted octanol–water partition coefficient (Wildman–Crippen LogP) is 2.28. The number of rotatable bonds is 9. The average Bonchev–Trinajstić information content (AvgIpc) is 2.67. The third-order valence-corrected chi connectivity index (χ3v) is 5.69. The molecule has 2 aromatic carbocycles. The number of carbonyl (C=O) groups excluding carboxylic acids is 2. The largest absolute Gasteiger partial charge is 0.351 e. The molecule has 0 aromatic heterocycles. The first kappa shape index (κ1) is 22.3. The number of sulfonamides is 1. The van der Waals surface area contributed by atoms with E-state index in [0.717, 1.165) is 4.31 Å². The minimum Gasteiger partial charge on any atom is -0.351 e. The van der Waals surface area contributed by atoms with E-state index in [1.165, 1.54) is 61.5 Å². The first-order valence-electron chi connectivity index (χ1n) is 8.72. The van der Waals surface area contributed by atoms with Crippen molar-refractivity contribution in [2.24, 2.45) is 0 Å². The van der Waals surface area contributed by atoms with E-state index in [2.05, 4.69) is 17.2 Å². The Labute approximate surface area is 169 Å². The number of halogens is 1. The fraction of sp³-hybridized carbons (Fsp3) is 0.200. The summed E-state index contributed by atoms with van der Waals surface area (Å²) in [6.45, 7) is 4.58. The van der Waals surface area contributed by atoms with Crippen LogP contribution in [0.15, 0.2) is 66.1 Å². The van der Waals surface area contributed by atoms with Gasteiger partial charge in [-0.15, -0.1) is 6.58 Å². The molecule has 0 bridgehead atoms. The highest BCUT2D eigenvalue weighted by Crippen LogP contribution is 2.18. The second-order valence-electron chi connectivity index (χ2n) is 6.19. The van der Waals surface area contributed by atoms with Crippen LogP contribution in [0.2, 0.25) is 0 Å². The molecule has 7 nitrogen and oxygen atoms in total. The van der Waals surface area contributed by atoms with Crippen molar-refractivity contribution in [3.8, 4) is 0 Å². The van der Waals surface area contributed by atoms with E-state index in [1.54, 1.807) is 0 Å². The number of nitrogens with zero attached hydrogens (tertiary/aromatic N) is 1. The summed E-state index contributed by atoms with van der Waals surface area (Å²) in [4.78, 5) is 23.3. The summed E-state index contributed by atoms with van der Waals surface area (Å²) in [6.07, 6.45) is 1.39. The quantitative estimate of drug-likeness (QED) is 0.610. The molecule has 2 N–H and O–H groups in total. The summed E-state index contributed by atoms with van der Waals surface area (Å²) < 4.78 is 39.7. The summed E-state index contributed by atoms with van der Waals surface area (Å²) in [5, 5.41) is 5.17. The Kier molecular flexibility index (Phi) is 7.63. The molecule has 0 spiro atoms. The van der Waals surface area contributed by atoms with Gasteiger partial charge in [-0.25, -0.2) is 12.8 Å². The molecule has 0 heterocycles. The van der Waals surface area contributed by atoms with Crippen molar-refractivity contribution in [1.29, 1.82) is 0 Å². The average molecular weight is 419 g/mol. The highest BCUT2D eigenvalue weighted by molar-refractivity contribution is 7.89. The Morgan fingerprint density at radius 1 is 1.10 bits per heavy atom. The maximum absolute atomic E-state index is 12.9. The molecule has 0 saturated heterocycles. The Bertz CT molecular complexity index is 974. The van der Waals surface area contributed by atoms with Crippen molar-refractivity contribution in [2.75, 3.05) is 18.4 Å². The Morgan fingerprint density at radius 2 is 1.72 bits per heavy atom. The van der Waals surface area contributed by atoms with Crippen LogP contribution < -0.4 is 10.6 Å². The third-order valence-electron chi connectivity index (χ3n) is 3.87. The summed E-state index contributed by atoms with van der Waals surface area (Å²) in [6, 6.07) is 11.3. The van der Waals surface area contributed by atoms with Gasteiger partial charge in [-0.3, -0.25) is 9.59 Å². The van der Waals surface area contributed by atoms with E-state index in [4.69, 9.17) is 0 Å². The summed E-state index contributed by atoms with van der Waals surface area (Å²) >= 11 is 0. The van der Waals surface area contributed by atoms with Crippen LogP contribution in [0.5, 0.6) is 0 Å². The number of benzene rings is 2. The molecule has 2 amide bonds. The van der Waals surface area contributed by atoms with Gasteiger partial charge in [-0.05, 0) is 42.0 Å². The second-order valence-corrected chi connectivity index (χ2v) is 8.13. The van der Waals surface area contributed by atoms with E-state index >= 15 is 0 Å². The zero-order chi connectivity index (χ0) is 21.4. The Hall–Kier alpha value is -3.04. The number of hydrogen-bond acceptors (Lipinski definition) is 4. The van der Waals surface area contributed by atoms with Gasteiger partial charge in [0.1, 0.15) is 5.82 Å². The molecule has 0 aliphatic rings. The van der Waals surface area contributed by atoms with Gasteiger partial charge < -0.3 is 10.6 Å². The lowest BCUT2D eigenvalue weighted by Gasteiger charge is -2.20. The maximum atomic E-state index is 12.9. The van der Waals surface area contributed by atoms with E-state index in [1.807, 2.05) is 0 Å². The fourth-order valence-corrected chi connectivity index (χ4v) is 3.84. The van der Waals surface area contributed by atoms with Crippen LogP contribution in [-0.4, -0.2) is 37.6 Å². The number of amides is 2. The first-order valence-corrected chi connectivity index (χ1v) is 10.2. The van der Waals surface area contributed by atoms with Crippen molar-refractivity contribution < 1.29 is 22.4 Å². The normalized spacial score (nSPS) is 11.1. The van der Waals surface area contributed by atoms with Crippen LogP contribution >= 0.6 is 0 Å². The van der Waals surface area contributed by atoms with Gasteiger partial charge in [-0.2, -0.15) is 4.31 Å². The maximum Gasteiger partial charge on any atom is 0.243 e. The van der Waals surface area contributed by atoms with Crippen LogP contribution in [0.1, 0.15) is 12.5 Å². The molecule has 0 aliphatic carbocycles. The van der Waals surface area contributed by atoms with Crippen molar-refractivity contribution in [3.05, 3.63) is 72.6 Å². The fourth-order valence-electron chi connectivity index (χ4n) is 2.47. The molecule has 9 heteroatoms. The van der Waals surface area contributed by atoms with E-state index < -0.39 is 22.5 Å². The first-order chi connectivity index (χ1) is 13.7. The Balaban J connectivity index is 2.07. The minimum atomic E-state index is -3.95. The van der Waals surface area contributed by atoms with Crippen LogP contribution in [0.4, 0.5) is 10.1 Å². The number of hydrogen-bond donors (Lipinski definition) is 2. The molecular formula is C20H22FN3O4S. The third kappa shape index (κ3) is 6.51. The number of carbonyl (C=O) groups is 2. The van der Waals surface area contributed by atoms with E-state index in [-0.39, 0.29) is 29.7 Å². The zero-order valence-corrected chi connectivity index (χ0v) is 16.7. The predicted molar refractivity (Wildman–Crippen MR) is 108 cm³/mol. The van der Waals surface area contributed by atoms with Crippen molar-refractivity contribution in [3.63, 3.8) is 0 Å². The van der Waals surface area contributed by atoms with Crippen molar-refractivity contribution in [2.45, 2.75) is 18.4 Å². The van der Waals surface area contributed by atoms with Crippen LogP contribution in [-0.2, 0) is 26.2 Å². The molecule has 2 rings (SSSR count). The highest BCUT2D eigenvalue weighted by Gasteiger charge is 2.25. The number of anilines is 1. The lowest BCUT2D eigenvalue weighted by molar-refractivity contribution is -0.121. The topological polar surface area (TPSA) is 95.6 Å². The van der Waals surface area contributed by atoms with Crippen molar-refractivity contribution >= 4 is 27.5 Å². The van der Waals surface area contributed by atoms with Crippen molar-refractivity contribution in [1.82, 2.24) is 9.62 Å². The molecule has 0 radical (unpaired) electrons. The Morgan fingerprint density at radius 3 is 2.28 bits per heavy atom.